The quantitative estimate of drug-likeness (QED) is 0.205. The minimum absolute atomic E-state index is 0.955. The van der Waals surface area contributed by atoms with Crippen molar-refractivity contribution in [1.29, 1.82) is 0 Å². The molecule has 21 heavy (non-hydrogen) atoms. The predicted molar refractivity (Wildman–Crippen MR) is 62.9 cm³/mol. The zero-order valence-corrected chi connectivity index (χ0v) is 10.7. The lowest BCUT2D eigenvalue weighted by Crippen LogP contribution is -2.54. The van der Waals surface area contributed by atoms with Crippen LogP contribution in [0.5, 0.6) is 0 Å². The van der Waals surface area contributed by atoms with Crippen LogP contribution in [0.15, 0.2) is 0 Å². The molecule has 0 heterocycles. The van der Waals surface area contributed by atoms with Gasteiger partial charge in [0, 0.05) is 0 Å². The molecular formula is C10H17NO10. The van der Waals surface area contributed by atoms with E-state index in [4.69, 9.17) is 20.4 Å². The molecule has 11 heteroatoms. The summed E-state index contributed by atoms with van der Waals surface area (Å²) in [6, 6.07) is -1.85. The fraction of sp³-hybridized carbons (Fsp3) is 0.700. The van der Waals surface area contributed by atoms with Gasteiger partial charge in [-0.3, -0.25) is 9.59 Å². The number of carbonyl (C=O) groups is 3. The standard InChI is InChI=1S/C10H17NO10/c12-2-4(13)6(16)7(17)8(18)9(19)11-3(10(20)21)1-5(14)15/h3-4,6-8,12-13,16-18H,1-2H2,(H,11,19)(H,14,15)(H,20,21)/t3-,4+,6+,7-,8+/m0/s1. The Morgan fingerprint density at radius 1 is 0.952 bits per heavy atom. The van der Waals surface area contributed by atoms with E-state index in [0.29, 0.717) is 0 Å². The van der Waals surface area contributed by atoms with Gasteiger partial charge < -0.3 is 41.1 Å². The van der Waals surface area contributed by atoms with Gasteiger partial charge in [-0.05, 0) is 0 Å². The maximum absolute atomic E-state index is 11.5. The van der Waals surface area contributed by atoms with Crippen LogP contribution >= 0.6 is 0 Å². The first-order valence-corrected chi connectivity index (χ1v) is 5.69. The second-order valence-electron chi connectivity index (χ2n) is 4.17. The highest BCUT2D eigenvalue weighted by Gasteiger charge is 2.36. The maximum atomic E-state index is 11.5. The van der Waals surface area contributed by atoms with Gasteiger partial charge in [0.1, 0.15) is 24.4 Å². The summed E-state index contributed by atoms with van der Waals surface area (Å²) in [6.45, 7) is -0.955. The molecule has 0 saturated heterocycles. The molecule has 1 amide bonds. The van der Waals surface area contributed by atoms with Crippen molar-refractivity contribution in [3.05, 3.63) is 0 Å². The Bertz CT molecular complexity index is 386. The number of nitrogens with one attached hydrogen (secondary N) is 1. The van der Waals surface area contributed by atoms with E-state index in [-0.39, 0.29) is 0 Å². The SMILES string of the molecule is O=C(O)C[C@H](NC(=O)[C@H](O)[C@@H](O)[C@H](O)[C@H](O)CO)C(=O)O. The Kier molecular flexibility index (Phi) is 7.76. The number of aliphatic hydroxyl groups is 5. The molecule has 0 saturated carbocycles. The van der Waals surface area contributed by atoms with Crippen molar-refractivity contribution in [3.8, 4) is 0 Å². The van der Waals surface area contributed by atoms with Crippen molar-refractivity contribution >= 4 is 17.8 Å². The van der Waals surface area contributed by atoms with Crippen molar-refractivity contribution in [1.82, 2.24) is 5.32 Å². The molecule has 0 unspecified atom stereocenters. The lowest BCUT2D eigenvalue weighted by atomic mass is 10.0. The lowest BCUT2D eigenvalue weighted by Gasteiger charge is -2.25. The molecule has 11 nitrogen and oxygen atoms in total. The number of aliphatic carboxylic acids is 2. The third kappa shape index (κ3) is 6.01. The van der Waals surface area contributed by atoms with E-state index in [1.807, 2.05) is 0 Å². The topological polar surface area (TPSA) is 205 Å². The summed E-state index contributed by atoms with van der Waals surface area (Å²) in [5.41, 5.74) is 0. The van der Waals surface area contributed by atoms with Gasteiger partial charge in [0.05, 0.1) is 13.0 Å². The van der Waals surface area contributed by atoms with Crippen LogP contribution < -0.4 is 5.32 Å². The summed E-state index contributed by atoms with van der Waals surface area (Å²) in [5.74, 6) is -4.66. The minimum atomic E-state index is -2.34. The van der Waals surface area contributed by atoms with E-state index in [1.54, 1.807) is 5.32 Å². The maximum Gasteiger partial charge on any atom is 0.326 e. The van der Waals surface area contributed by atoms with E-state index in [9.17, 15) is 29.7 Å². The van der Waals surface area contributed by atoms with Gasteiger partial charge in [-0.15, -0.1) is 0 Å². The molecule has 0 aromatic rings. The van der Waals surface area contributed by atoms with Gasteiger partial charge >= 0.3 is 11.9 Å². The summed E-state index contributed by atoms with van der Waals surface area (Å²) in [7, 11) is 0. The normalized spacial score (nSPS) is 18.1. The van der Waals surface area contributed by atoms with Crippen LogP contribution in [-0.2, 0) is 14.4 Å². The summed E-state index contributed by atoms with van der Waals surface area (Å²) in [6.07, 6.45) is -9.43. The summed E-state index contributed by atoms with van der Waals surface area (Å²) in [5, 5.41) is 64.5. The zero-order chi connectivity index (χ0) is 16.7. The first-order valence-electron chi connectivity index (χ1n) is 5.69. The van der Waals surface area contributed by atoms with Crippen LogP contribution in [0.1, 0.15) is 6.42 Å². The van der Waals surface area contributed by atoms with E-state index in [1.165, 1.54) is 0 Å². The largest absolute Gasteiger partial charge is 0.481 e. The number of carboxylic acid groups (broad SMARTS) is 2. The third-order valence-corrected chi connectivity index (χ3v) is 2.52. The third-order valence-electron chi connectivity index (χ3n) is 2.52. The first-order chi connectivity index (χ1) is 9.61. The van der Waals surface area contributed by atoms with Crippen molar-refractivity contribution in [3.63, 3.8) is 0 Å². The van der Waals surface area contributed by atoms with E-state index in [2.05, 4.69) is 0 Å². The number of carbonyl (C=O) groups excluding carboxylic acids is 1. The second-order valence-corrected chi connectivity index (χ2v) is 4.17. The molecule has 0 aliphatic heterocycles. The average Bonchev–Trinajstić information content (AvgIpc) is 2.42. The molecule has 0 aliphatic rings. The van der Waals surface area contributed by atoms with Crippen molar-refractivity contribution in [2.24, 2.45) is 0 Å². The van der Waals surface area contributed by atoms with Crippen LogP contribution in [0.25, 0.3) is 0 Å². The Morgan fingerprint density at radius 3 is 1.86 bits per heavy atom. The van der Waals surface area contributed by atoms with Crippen LogP contribution in [0.2, 0.25) is 0 Å². The predicted octanol–water partition coefficient (Wildman–Crippen LogP) is -4.53. The van der Waals surface area contributed by atoms with Crippen LogP contribution in [0, 0.1) is 0 Å². The molecule has 8 N–H and O–H groups in total. The van der Waals surface area contributed by atoms with Gasteiger partial charge in [0.15, 0.2) is 6.10 Å². The molecule has 0 fully saturated rings. The van der Waals surface area contributed by atoms with E-state index >= 15 is 0 Å². The minimum Gasteiger partial charge on any atom is -0.481 e. The van der Waals surface area contributed by atoms with Crippen molar-refractivity contribution in [2.75, 3.05) is 6.61 Å². The zero-order valence-electron chi connectivity index (χ0n) is 10.7. The fourth-order valence-corrected chi connectivity index (χ4v) is 1.31. The molecule has 122 valence electrons. The molecule has 0 radical (unpaired) electrons. The second kappa shape index (κ2) is 8.49. The Hall–Kier alpha value is -1.79. The number of rotatable bonds is 9. The molecule has 5 atom stereocenters. The van der Waals surface area contributed by atoms with Gasteiger partial charge in [-0.2, -0.15) is 0 Å². The molecule has 0 rings (SSSR count). The highest BCUT2D eigenvalue weighted by Crippen LogP contribution is 2.06. The number of carboxylic acids is 2. The Balaban J connectivity index is 4.75. The molecule has 0 aromatic carbocycles. The first kappa shape index (κ1) is 19.2. The number of aliphatic hydroxyl groups excluding tert-OH is 5. The number of hydrogen-bond acceptors (Lipinski definition) is 8. The smallest absolute Gasteiger partial charge is 0.326 e. The molecule has 0 aromatic heterocycles. The Labute approximate surface area is 118 Å². The highest BCUT2D eigenvalue weighted by molar-refractivity contribution is 5.88. The number of hydrogen-bond donors (Lipinski definition) is 8. The van der Waals surface area contributed by atoms with Crippen LogP contribution in [-0.4, -0.2) is 90.7 Å². The van der Waals surface area contributed by atoms with Gasteiger partial charge in [0.2, 0.25) is 0 Å². The van der Waals surface area contributed by atoms with Gasteiger partial charge in [0.25, 0.3) is 5.91 Å². The van der Waals surface area contributed by atoms with Crippen molar-refractivity contribution in [2.45, 2.75) is 36.9 Å². The summed E-state index contributed by atoms with van der Waals surface area (Å²) in [4.78, 5) is 32.6. The highest BCUT2D eigenvalue weighted by atomic mass is 16.4. The Morgan fingerprint density at radius 2 is 1.48 bits per heavy atom. The monoisotopic (exact) mass is 311 g/mol. The average molecular weight is 311 g/mol. The van der Waals surface area contributed by atoms with E-state index in [0.717, 1.165) is 0 Å². The molecule has 0 bridgehead atoms. The van der Waals surface area contributed by atoms with Crippen LogP contribution in [0.3, 0.4) is 0 Å². The molecule has 0 spiro atoms. The number of amides is 1. The lowest BCUT2D eigenvalue weighted by molar-refractivity contribution is -0.154. The van der Waals surface area contributed by atoms with Crippen LogP contribution in [0.4, 0.5) is 0 Å². The van der Waals surface area contributed by atoms with Gasteiger partial charge in [-0.25, -0.2) is 4.79 Å². The molecular weight excluding hydrogens is 294 g/mol. The summed E-state index contributed by atoms with van der Waals surface area (Å²) >= 11 is 0. The van der Waals surface area contributed by atoms with Crippen molar-refractivity contribution < 1.29 is 50.1 Å². The summed E-state index contributed by atoms with van der Waals surface area (Å²) < 4.78 is 0. The molecule has 0 aliphatic carbocycles. The van der Waals surface area contributed by atoms with Gasteiger partial charge in [-0.1, -0.05) is 0 Å². The van der Waals surface area contributed by atoms with E-state index < -0.39 is 61.3 Å². The fourth-order valence-electron chi connectivity index (χ4n) is 1.31.